The largest absolute Gasteiger partial charge is 0.369 e. The van der Waals surface area contributed by atoms with E-state index < -0.39 is 0 Å². The highest BCUT2D eigenvalue weighted by molar-refractivity contribution is 5.98. The van der Waals surface area contributed by atoms with Gasteiger partial charge in [0, 0.05) is 5.69 Å². The van der Waals surface area contributed by atoms with Crippen LogP contribution in [0.25, 0.3) is 0 Å². The first kappa shape index (κ1) is 14.9. The van der Waals surface area contributed by atoms with Gasteiger partial charge >= 0.3 is 0 Å². The van der Waals surface area contributed by atoms with Gasteiger partial charge in [-0.2, -0.15) is 0 Å². The Hall–Kier alpha value is -1.51. The van der Waals surface area contributed by atoms with Crippen molar-refractivity contribution in [3.63, 3.8) is 0 Å². The zero-order valence-corrected chi connectivity index (χ0v) is 13.0. The third kappa shape index (κ3) is 3.14. The van der Waals surface area contributed by atoms with Gasteiger partial charge in [-0.15, -0.1) is 0 Å². The van der Waals surface area contributed by atoms with Gasteiger partial charge < -0.3 is 10.6 Å². The van der Waals surface area contributed by atoms with Gasteiger partial charge in [-0.05, 0) is 32.4 Å². The Balaban J connectivity index is 2.10. The van der Waals surface area contributed by atoms with Gasteiger partial charge in [0.25, 0.3) is 0 Å². The molecule has 1 aromatic rings. The van der Waals surface area contributed by atoms with Crippen LogP contribution in [0.1, 0.15) is 51.5 Å². The quantitative estimate of drug-likeness (QED) is 0.800. The smallest absolute Gasteiger partial charge is 0.196 e. The van der Waals surface area contributed by atoms with Crippen LogP contribution in [0.15, 0.2) is 29.3 Å². The molecule has 0 saturated heterocycles. The van der Waals surface area contributed by atoms with Gasteiger partial charge in [0.05, 0.1) is 12.1 Å². The maximum atomic E-state index is 6.13. The van der Waals surface area contributed by atoms with E-state index in [1.165, 1.54) is 31.2 Å². The molecule has 0 spiro atoms. The van der Waals surface area contributed by atoms with Gasteiger partial charge in [0.15, 0.2) is 5.96 Å². The molecule has 0 radical (unpaired) electrons. The van der Waals surface area contributed by atoms with E-state index in [2.05, 4.69) is 54.9 Å². The molecule has 1 aromatic carbocycles. The van der Waals surface area contributed by atoms with Crippen molar-refractivity contribution in [2.24, 2.45) is 10.7 Å². The van der Waals surface area contributed by atoms with E-state index in [0.29, 0.717) is 5.96 Å². The lowest BCUT2D eigenvalue weighted by molar-refractivity contribution is 0.435. The van der Waals surface area contributed by atoms with Crippen molar-refractivity contribution in [2.75, 3.05) is 11.4 Å². The fraction of sp³-hybridized carbons (Fsp3) is 0.588. The Labute approximate surface area is 122 Å². The van der Waals surface area contributed by atoms with E-state index in [1.807, 2.05) is 0 Å². The summed E-state index contributed by atoms with van der Waals surface area (Å²) < 4.78 is 0. The molecule has 0 aliphatic carbocycles. The molecule has 1 unspecified atom stereocenters. The van der Waals surface area contributed by atoms with Crippen molar-refractivity contribution < 1.29 is 0 Å². The predicted octanol–water partition coefficient (Wildman–Crippen LogP) is 3.86. The number of hydrogen-bond donors (Lipinski definition) is 1. The van der Waals surface area contributed by atoms with Crippen LogP contribution in [0.4, 0.5) is 5.69 Å². The Morgan fingerprint density at radius 2 is 1.90 bits per heavy atom. The average Bonchev–Trinajstić information content (AvgIpc) is 2.73. The second kappa shape index (κ2) is 6.29. The molecule has 0 aromatic heterocycles. The van der Waals surface area contributed by atoms with Crippen molar-refractivity contribution in [3.05, 3.63) is 29.8 Å². The molecule has 20 heavy (non-hydrogen) atoms. The number of guanidine groups is 1. The Kier molecular flexibility index (Phi) is 4.69. The fourth-order valence-corrected chi connectivity index (χ4v) is 2.93. The Morgan fingerprint density at radius 3 is 2.55 bits per heavy atom. The lowest BCUT2D eigenvalue weighted by atomic mass is 9.92. The number of benzene rings is 1. The third-order valence-electron chi connectivity index (χ3n) is 4.21. The molecule has 1 aliphatic rings. The van der Waals surface area contributed by atoms with Crippen LogP contribution < -0.4 is 10.6 Å². The van der Waals surface area contributed by atoms with Gasteiger partial charge in [-0.1, -0.05) is 50.3 Å². The molecule has 0 saturated carbocycles. The second-order valence-corrected chi connectivity index (χ2v) is 6.15. The van der Waals surface area contributed by atoms with Gasteiger partial charge in [-0.25, -0.2) is 0 Å². The molecule has 1 aliphatic heterocycles. The lowest BCUT2D eigenvalue weighted by Gasteiger charge is -2.36. The minimum absolute atomic E-state index is 0.0348. The average molecular weight is 273 g/mol. The highest BCUT2D eigenvalue weighted by Crippen LogP contribution is 2.32. The van der Waals surface area contributed by atoms with Crippen LogP contribution >= 0.6 is 0 Å². The predicted molar refractivity (Wildman–Crippen MR) is 87.3 cm³/mol. The monoisotopic (exact) mass is 273 g/mol. The number of aryl methyl sites for hydroxylation is 1. The molecule has 1 heterocycles. The number of unbranched alkanes of at least 4 members (excludes halogenated alkanes) is 3. The van der Waals surface area contributed by atoms with Gasteiger partial charge in [0.2, 0.25) is 0 Å². The number of aliphatic imine (C=N–C) groups is 1. The molecule has 1 atom stereocenters. The maximum Gasteiger partial charge on any atom is 0.196 e. The summed E-state index contributed by atoms with van der Waals surface area (Å²) in [6.45, 7) is 7.44. The van der Waals surface area contributed by atoms with Gasteiger partial charge in [-0.3, -0.25) is 4.99 Å². The summed E-state index contributed by atoms with van der Waals surface area (Å²) in [5, 5.41) is 0. The number of anilines is 1. The Morgan fingerprint density at radius 1 is 1.20 bits per heavy atom. The number of nitrogens with zero attached hydrogens (tertiary/aromatic N) is 2. The molecule has 0 amide bonds. The van der Waals surface area contributed by atoms with Crippen molar-refractivity contribution >= 4 is 11.6 Å². The molecule has 3 nitrogen and oxygen atoms in total. The highest BCUT2D eigenvalue weighted by Gasteiger charge is 2.38. The summed E-state index contributed by atoms with van der Waals surface area (Å²) in [5.74, 6) is 0.659. The summed E-state index contributed by atoms with van der Waals surface area (Å²) in [4.78, 5) is 6.71. The van der Waals surface area contributed by atoms with Crippen LogP contribution in [0.5, 0.6) is 0 Å². The van der Waals surface area contributed by atoms with E-state index in [1.54, 1.807) is 0 Å². The number of nitrogens with two attached hydrogens (primary N) is 1. The topological polar surface area (TPSA) is 41.6 Å². The number of rotatable bonds is 6. The maximum absolute atomic E-state index is 6.13. The Bertz CT molecular complexity index is 464. The minimum atomic E-state index is 0.0348. The molecular formula is C17H27N3. The first-order valence-electron chi connectivity index (χ1n) is 7.73. The summed E-state index contributed by atoms with van der Waals surface area (Å²) >= 11 is 0. The molecular weight excluding hydrogens is 246 g/mol. The van der Waals surface area contributed by atoms with Crippen LogP contribution in [-0.2, 0) is 0 Å². The van der Waals surface area contributed by atoms with E-state index >= 15 is 0 Å². The normalized spacial score (nSPS) is 22.1. The van der Waals surface area contributed by atoms with Crippen molar-refractivity contribution in [2.45, 2.75) is 58.4 Å². The molecule has 3 heteroatoms. The molecule has 0 fully saturated rings. The first-order chi connectivity index (χ1) is 9.57. The summed E-state index contributed by atoms with van der Waals surface area (Å²) in [6, 6.07) is 8.57. The summed E-state index contributed by atoms with van der Waals surface area (Å²) in [5.41, 5.74) is 8.60. The molecule has 2 rings (SSSR count). The zero-order chi connectivity index (χ0) is 14.6. The van der Waals surface area contributed by atoms with Crippen LogP contribution in [-0.4, -0.2) is 18.0 Å². The first-order valence-corrected chi connectivity index (χ1v) is 7.73. The highest BCUT2D eigenvalue weighted by atomic mass is 15.4. The summed E-state index contributed by atoms with van der Waals surface area (Å²) in [6.07, 6.45) is 6.28. The van der Waals surface area contributed by atoms with Gasteiger partial charge in [0.1, 0.15) is 0 Å². The van der Waals surface area contributed by atoms with E-state index in [9.17, 15) is 0 Å². The SMILES string of the molecule is CCCCCCC1(C)CN=C(N)N1c1ccc(C)cc1. The van der Waals surface area contributed by atoms with E-state index in [4.69, 9.17) is 5.73 Å². The lowest BCUT2D eigenvalue weighted by Crippen LogP contribution is -2.49. The standard InChI is InChI=1S/C17H27N3/c1-4-5-6-7-12-17(3)13-19-16(18)20(17)15-10-8-14(2)9-11-15/h8-11H,4-7,12-13H2,1-3H3,(H2,18,19). The zero-order valence-electron chi connectivity index (χ0n) is 13.0. The van der Waals surface area contributed by atoms with Crippen LogP contribution in [0, 0.1) is 6.92 Å². The van der Waals surface area contributed by atoms with Crippen molar-refractivity contribution in [1.82, 2.24) is 0 Å². The van der Waals surface area contributed by atoms with Crippen molar-refractivity contribution in [1.29, 1.82) is 0 Å². The summed E-state index contributed by atoms with van der Waals surface area (Å²) in [7, 11) is 0. The van der Waals surface area contributed by atoms with Crippen LogP contribution in [0.2, 0.25) is 0 Å². The van der Waals surface area contributed by atoms with Crippen molar-refractivity contribution in [3.8, 4) is 0 Å². The molecule has 0 bridgehead atoms. The minimum Gasteiger partial charge on any atom is -0.369 e. The third-order valence-corrected chi connectivity index (χ3v) is 4.21. The van der Waals surface area contributed by atoms with E-state index in [0.717, 1.165) is 18.7 Å². The second-order valence-electron chi connectivity index (χ2n) is 6.15. The fourth-order valence-electron chi connectivity index (χ4n) is 2.93. The van der Waals surface area contributed by atoms with Crippen LogP contribution in [0.3, 0.4) is 0 Å². The van der Waals surface area contributed by atoms with E-state index in [-0.39, 0.29) is 5.54 Å². The molecule has 2 N–H and O–H groups in total. The molecule has 110 valence electrons. The number of hydrogen-bond acceptors (Lipinski definition) is 3.